The second kappa shape index (κ2) is 6.62. The van der Waals surface area contributed by atoms with Gasteiger partial charge >= 0.3 is 6.03 Å². The summed E-state index contributed by atoms with van der Waals surface area (Å²) in [7, 11) is -1.40. The van der Waals surface area contributed by atoms with Crippen LogP contribution in [0.5, 0.6) is 0 Å². The van der Waals surface area contributed by atoms with Gasteiger partial charge in [-0.15, -0.1) is 0 Å². The van der Waals surface area contributed by atoms with E-state index in [-0.39, 0.29) is 12.1 Å². The van der Waals surface area contributed by atoms with Gasteiger partial charge in [0.05, 0.1) is 6.26 Å². The first-order chi connectivity index (χ1) is 10.3. The smallest absolute Gasteiger partial charge is 0.321 e. The van der Waals surface area contributed by atoms with E-state index in [1.165, 1.54) is 10.6 Å². The standard InChI is InChI=1S/C14H22N4O3S/c1-11-10-15-7-4-13(11)16-14(19)17(2)12-5-8-18(9-6-12)22(3,20)21/h4,7,10,12H,5-6,8-9H2,1-3H3,(H,15,16,19). The number of aryl methyl sites for hydroxylation is 1. The van der Waals surface area contributed by atoms with E-state index in [2.05, 4.69) is 10.3 Å². The lowest BCUT2D eigenvalue weighted by Gasteiger charge is -2.35. The Balaban J connectivity index is 1.94. The Hall–Kier alpha value is -1.67. The maximum Gasteiger partial charge on any atom is 0.321 e. The highest BCUT2D eigenvalue weighted by Crippen LogP contribution is 2.19. The molecule has 0 saturated carbocycles. The number of urea groups is 1. The Bertz CT molecular complexity index is 639. The van der Waals surface area contributed by atoms with Crippen LogP contribution in [0.25, 0.3) is 0 Å². The second-order valence-corrected chi connectivity index (χ2v) is 7.61. The third-order valence-electron chi connectivity index (χ3n) is 4.02. The number of nitrogens with one attached hydrogen (secondary N) is 1. The van der Waals surface area contributed by atoms with Gasteiger partial charge in [0.15, 0.2) is 0 Å². The van der Waals surface area contributed by atoms with Crippen molar-refractivity contribution in [3.63, 3.8) is 0 Å². The van der Waals surface area contributed by atoms with Crippen molar-refractivity contribution in [3.8, 4) is 0 Å². The molecule has 1 aromatic rings. The zero-order valence-corrected chi connectivity index (χ0v) is 13.9. The number of pyridine rings is 1. The summed E-state index contributed by atoms with van der Waals surface area (Å²) in [6.45, 7) is 2.79. The molecule has 7 nitrogen and oxygen atoms in total. The molecule has 8 heteroatoms. The van der Waals surface area contributed by atoms with E-state index in [9.17, 15) is 13.2 Å². The molecule has 1 saturated heterocycles. The van der Waals surface area contributed by atoms with Gasteiger partial charge in [0.1, 0.15) is 0 Å². The summed E-state index contributed by atoms with van der Waals surface area (Å²) in [6.07, 6.45) is 5.84. The fourth-order valence-corrected chi connectivity index (χ4v) is 3.42. The predicted octanol–water partition coefficient (Wildman–Crippen LogP) is 1.28. The molecule has 2 rings (SSSR count). The number of sulfonamides is 1. The number of piperidine rings is 1. The van der Waals surface area contributed by atoms with E-state index in [0.717, 1.165) is 11.3 Å². The maximum atomic E-state index is 12.3. The quantitative estimate of drug-likeness (QED) is 0.907. The van der Waals surface area contributed by atoms with E-state index in [0.29, 0.717) is 25.9 Å². The van der Waals surface area contributed by atoms with Gasteiger partial charge in [-0.1, -0.05) is 0 Å². The summed E-state index contributed by atoms with van der Waals surface area (Å²) >= 11 is 0. The lowest BCUT2D eigenvalue weighted by molar-refractivity contribution is 0.174. The molecule has 1 aliphatic heterocycles. The maximum absolute atomic E-state index is 12.3. The van der Waals surface area contributed by atoms with Crippen LogP contribution >= 0.6 is 0 Å². The van der Waals surface area contributed by atoms with Gasteiger partial charge in [-0.25, -0.2) is 17.5 Å². The summed E-state index contributed by atoms with van der Waals surface area (Å²) < 4.78 is 24.5. The van der Waals surface area contributed by atoms with Crippen molar-refractivity contribution in [1.82, 2.24) is 14.2 Å². The Morgan fingerprint density at radius 3 is 2.59 bits per heavy atom. The van der Waals surface area contributed by atoms with Crippen LogP contribution in [0, 0.1) is 6.92 Å². The molecule has 0 spiro atoms. The topological polar surface area (TPSA) is 82.6 Å². The lowest BCUT2D eigenvalue weighted by Crippen LogP contribution is -2.48. The Morgan fingerprint density at radius 2 is 2.05 bits per heavy atom. The van der Waals surface area contributed by atoms with Gasteiger partial charge < -0.3 is 10.2 Å². The third-order valence-corrected chi connectivity index (χ3v) is 5.33. The van der Waals surface area contributed by atoms with E-state index in [4.69, 9.17) is 0 Å². The summed E-state index contributed by atoms with van der Waals surface area (Å²) in [5, 5.41) is 2.86. The van der Waals surface area contributed by atoms with E-state index in [1.807, 2.05) is 6.92 Å². The molecule has 2 amide bonds. The second-order valence-electron chi connectivity index (χ2n) is 5.62. The van der Waals surface area contributed by atoms with Gasteiger partial charge in [0.25, 0.3) is 0 Å². The van der Waals surface area contributed by atoms with Crippen LogP contribution in [0.4, 0.5) is 10.5 Å². The first kappa shape index (κ1) is 16.7. The molecular weight excluding hydrogens is 304 g/mol. The number of nitrogens with zero attached hydrogens (tertiary/aromatic N) is 3. The highest BCUT2D eigenvalue weighted by Gasteiger charge is 2.29. The molecule has 0 unspecified atom stereocenters. The minimum absolute atomic E-state index is 0.0418. The van der Waals surface area contributed by atoms with Crippen molar-refractivity contribution in [2.24, 2.45) is 0 Å². The van der Waals surface area contributed by atoms with Crippen LogP contribution in [-0.4, -0.2) is 61.1 Å². The number of hydrogen-bond donors (Lipinski definition) is 1. The van der Waals surface area contributed by atoms with Gasteiger partial charge in [-0.05, 0) is 31.4 Å². The van der Waals surface area contributed by atoms with Crippen LogP contribution in [0.1, 0.15) is 18.4 Å². The molecule has 0 radical (unpaired) electrons. The molecule has 0 aromatic carbocycles. The van der Waals surface area contributed by atoms with Crippen molar-refractivity contribution < 1.29 is 13.2 Å². The summed E-state index contributed by atoms with van der Waals surface area (Å²) in [4.78, 5) is 17.9. The molecule has 0 atom stereocenters. The number of anilines is 1. The molecule has 1 aliphatic rings. The van der Waals surface area contributed by atoms with Crippen LogP contribution in [0.2, 0.25) is 0 Å². The number of carbonyl (C=O) groups is 1. The molecule has 122 valence electrons. The van der Waals surface area contributed by atoms with Crippen molar-refractivity contribution in [2.75, 3.05) is 31.7 Å². The first-order valence-corrected chi connectivity index (χ1v) is 9.03. The first-order valence-electron chi connectivity index (χ1n) is 7.18. The Morgan fingerprint density at radius 1 is 1.41 bits per heavy atom. The Labute approximate surface area is 131 Å². The zero-order chi connectivity index (χ0) is 16.3. The van der Waals surface area contributed by atoms with E-state index < -0.39 is 10.0 Å². The van der Waals surface area contributed by atoms with Gasteiger partial charge in [0, 0.05) is 44.3 Å². The molecule has 2 heterocycles. The SMILES string of the molecule is Cc1cnccc1NC(=O)N(C)C1CCN(S(C)(=O)=O)CC1. The van der Waals surface area contributed by atoms with Gasteiger partial charge in [-0.2, -0.15) is 0 Å². The molecule has 1 N–H and O–H groups in total. The zero-order valence-electron chi connectivity index (χ0n) is 13.1. The minimum atomic E-state index is -3.14. The fourth-order valence-electron chi connectivity index (χ4n) is 2.54. The number of carbonyl (C=O) groups excluding carboxylic acids is 1. The van der Waals surface area contributed by atoms with Crippen LogP contribution < -0.4 is 5.32 Å². The van der Waals surface area contributed by atoms with Crippen molar-refractivity contribution in [3.05, 3.63) is 24.0 Å². The summed E-state index contributed by atoms with van der Waals surface area (Å²) in [6, 6.07) is 1.61. The predicted molar refractivity (Wildman–Crippen MR) is 85.2 cm³/mol. The summed E-state index contributed by atoms with van der Waals surface area (Å²) in [5.41, 5.74) is 1.64. The average molecular weight is 326 g/mol. The van der Waals surface area contributed by atoms with Gasteiger partial charge in [0.2, 0.25) is 10.0 Å². The van der Waals surface area contributed by atoms with E-state index in [1.54, 1.807) is 30.4 Å². The highest BCUT2D eigenvalue weighted by atomic mass is 32.2. The molecular formula is C14H22N4O3S. The number of amides is 2. The number of aromatic nitrogens is 1. The van der Waals surface area contributed by atoms with Crippen LogP contribution in [-0.2, 0) is 10.0 Å². The number of hydrogen-bond acceptors (Lipinski definition) is 4. The molecule has 1 fully saturated rings. The Kier molecular flexibility index (Phi) is 5.02. The van der Waals surface area contributed by atoms with E-state index >= 15 is 0 Å². The molecule has 0 aliphatic carbocycles. The minimum Gasteiger partial charge on any atom is -0.325 e. The van der Waals surface area contributed by atoms with Gasteiger partial charge in [-0.3, -0.25) is 4.98 Å². The van der Waals surface area contributed by atoms with Crippen LogP contribution in [0.15, 0.2) is 18.5 Å². The number of rotatable bonds is 3. The van der Waals surface area contributed by atoms with Crippen LogP contribution in [0.3, 0.4) is 0 Å². The highest BCUT2D eigenvalue weighted by molar-refractivity contribution is 7.88. The lowest BCUT2D eigenvalue weighted by atomic mass is 10.1. The monoisotopic (exact) mass is 326 g/mol. The van der Waals surface area contributed by atoms with Crippen molar-refractivity contribution in [2.45, 2.75) is 25.8 Å². The average Bonchev–Trinajstić information content (AvgIpc) is 2.48. The van der Waals surface area contributed by atoms with Crippen molar-refractivity contribution in [1.29, 1.82) is 0 Å². The third kappa shape index (κ3) is 3.95. The molecule has 0 bridgehead atoms. The molecule has 1 aromatic heterocycles. The normalized spacial score (nSPS) is 17.2. The fraction of sp³-hybridized carbons (Fsp3) is 0.571. The largest absolute Gasteiger partial charge is 0.325 e. The molecule has 22 heavy (non-hydrogen) atoms. The summed E-state index contributed by atoms with van der Waals surface area (Å²) in [5.74, 6) is 0. The van der Waals surface area contributed by atoms with Crippen molar-refractivity contribution >= 4 is 21.7 Å².